The van der Waals surface area contributed by atoms with Crippen molar-refractivity contribution in [2.45, 2.75) is 13.1 Å². The largest absolute Gasteiger partial charge is 0.343 e. The number of hydrogen-bond acceptors (Lipinski definition) is 2. The Hall–Kier alpha value is -1.58. The Kier molecular flexibility index (Phi) is 3.40. The van der Waals surface area contributed by atoms with Crippen LogP contribution in [0.1, 0.15) is 16.7 Å². The molecule has 0 aromatic heterocycles. The third kappa shape index (κ3) is 2.31. The molecule has 1 aliphatic heterocycles. The van der Waals surface area contributed by atoms with Gasteiger partial charge in [-0.05, 0) is 29.3 Å². The van der Waals surface area contributed by atoms with E-state index in [9.17, 15) is 0 Å². The van der Waals surface area contributed by atoms with Gasteiger partial charge in [-0.2, -0.15) is 0 Å². The molecule has 96 valence electrons. The van der Waals surface area contributed by atoms with Gasteiger partial charge in [0, 0.05) is 35.0 Å². The minimum Gasteiger partial charge on any atom is -0.343 e. The Morgan fingerprint density at radius 2 is 1.95 bits per heavy atom. The van der Waals surface area contributed by atoms with Crippen molar-refractivity contribution in [1.29, 1.82) is 0 Å². The Bertz CT molecular complexity index is 634. The SMILES string of the molecule is NCc1c(Br)cccc1N1C=Cc2ccccc2C1. The van der Waals surface area contributed by atoms with Crippen molar-refractivity contribution < 1.29 is 0 Å². The first kappa shape index (κ1) is 12.5. The van der Waals surface area contributed by atoms with Gasteiger partial charge >= 0.3 is 0 Å². The lowest BCUT2D eigenvalue weighted by molar-refractivity contribution is 0.929. The molecule has 1 aliphatic rings. The highest BCUT2D eigenvalue weighted by Gasteiger charge is 2.15. The molecular formula is C16H15BrN2. The number of nitrogens with two attached hydrogens (primary N) is 1. The van der Waals surface area contributed by atoms with Gasteiger partial charge in [0.1, 0.15) is 0 Å². The van der Waals surface area contributed by atoms with Gasteiger partial charge in [0.15, 0.2) is 0 Å². The van der Waals surface area contributed by atoms with Crippen molar-refractivity contribution in [3.8, 4) is 0 Å². The number of hydrogen-bond donors (Lipinski definition) is 1. The van der Waals surface area contributed by atoms with Crippen LogP contribution in [0.25, 0.3) is 6.08 Å². The quantitative estimate of drug-likeness (QED) is 0.911. The second kappa shape index (κ2) is 5.19. The van der Waals surface area contributed by atoms with E-state index in [0.29, 0.717) is 6.54 Å². The van der Waals surface area contributed by atoms with Crippen molar-refractivity contribution in [2.75, 3.05) is 4.90 Å². The smallest absolute Gasteiger partial charge is 0.0481 e. The van der Waals surface area contributed by atoms with Crippen LogP contribution in [0.5, 0.6) is 0 Å². The molecule has 0 unspecified atom stereocenters. The van der Waals surface area contributed by atoms with Gasteiger partial charge in [0.25, 0.3) is 0 Å². The number of benzene rings is 2. The zero-order chi connectivity index (χ0) is 13.2. The normalized spacial score (nSPS) is 13.5. The first-order valence-corrected chi connectivity index (χ1v) is 7.09. The van der Waals surface area contributed by atoms with Gasteiger partial charge in [0.05, 0.1) is 0 Å². The molecule has 0 saturated carbocycles. The molecule has 2 N–H and O–H groups in total. The summed E-state index contributed by atoms with van der Waals surface area (Å²) < 4.78 is 1.07. The molecule has 0 radical (unpaired) electrons. The molecule has 0 amide bonds. The van der Waals surface area contributed by atoms with E-state index < -0.39 is 0 Å². The molecule has 2 aromatic rings. The van der Waals surface area contributed by atoms with Crippen LogP contribution in [0.15, 0.2) is 53.1 Å². The molecule has 3 rings (SSSR count). The van der Waals surface area contributed by atoms with Gasteiger partial charge < -0.3 is 10.6 Å². The van der Waals surface area contributed by atoms with E-state index in [1.165, 1.54) is 16.8 Å². The monoisotopic (exact) mass is 314 g/mol. The molecule has 3 heteroatoms. The highest BCUT2D eigenvalue weighted by Crippen LogP contribution is 2.31. The molecule has 19 heavy (non-hydrogen) atoms. The van der Waals surface area contributed by atoms with E-state index >= 15 is 0 Å². The van der Waals surface area contributed by atoms with E-state index in [1.807, 2.05) is 12.1 Å². The summed E-state index contributed by atoms with van der Waals surface area (Å²) in [6.45, 7) is 1.42. The Morgan fingerprint density at radius 3 is 2.79 bits per heavy atom. The summed E-state index contributed by atoms with van der Waals surface area (Å²) >= 11 is 3.57. The van der Waals surface area contributed by atoms with Crippen LogP contribution in [0.2, 0.25) is 0 Å². The Labute approximate surface area is 121 Å². The van der Waals surface area contributed by atoms with Crippen LogP contribution in [-0.4, -0.2) is 0 Å². The van der Waals surface area contributed by atoms with E-state index in [-0.39, 0.29) is 0 Å². The third-order valence-electron chi connectivity index (χ3n) is 3.44. The molecule has 1 heterocycles. The summed E-state index contributed by atoms with van der Waals surface area (Å²) in [6, 6.07) is 14.7. The maximum Gasteiger partial charge on any atom is 0.0481 e. The summed E-state index contributed by atoms with van der Waals surface area (Å²) in [6.07, 6.45) is 4.28. The highest BCUT2D eigenvalue weighted by atomic mass is 79.9. The number of halogens is 1. The number of fused-ring (bicyclic) bond motifs is 1. The van der Waals surface area contributed by atoms with Crippen molar-refractivity contribution >= 4 is 27.7 Å². The maximum atomic E-state index is 5.87. The molecule has 0 aliphatic carbocycles. The molecule has 2 nitrogen and oxygen atoms in total. The van der Waals surface area contributed by atoms with E-state index in [4.69, 9.17) is 5.73 Å². The van der Waals surface area contributed by atoms with E-state index in [0.717, 1.165) is 16.6 Å². The number of rotatable bonds is 2. The van der Waals surface area contributed by atoms with Crippen LogP contribution in [0.4, 0.5) is 5.69 Å². The van der Waals surface area contributed by atoms with Gasteiger partial charge in [0.2, 0.25) is 0 Å². The van der Waals surface area contributed by atoms with Gasteiger partial charge in [-0.3, -0.25) is 0 Å². The zero-order valence-electron chi connectivity index (χ0n) is 10.5. The highest BCUT2D eigenvalue weighted by molar-refractivity contribution is 9.10. The number of anilines is 1. The standard InChI is InChI=1S/C16H15BrN2/c17-15-6-3-7-16(14(15)10-18)19-9-8-12-4-1-2-5-13(12)11-19/h1-9H,10-11,18H2. The minimum atomic E-state index is 0.530. The Morgan fingerprint density at radius 1 is 1.11 bits per heavy atom. The molecule has 0 spiro atoms. The summed E-state index contributed by atoms with van der Waals surface area (Å²) in [5.41, 5.74) is 10.8. The molecule has 0 saturated heterocycles. The third-order valence-corrected chi connectivity index (χ3v) is 4.18. The molecular weight excluding hydrogens is 300 g/mol. The van der Waals surface area contributed by atoms with Crippen molar-refractivity contribution in [3.63, 3.8) is 0 Å². The minimum absolute atomic E-state index is 0.530. The van der Waals surface area contributed by atoms with Gasteiger partial charge in [-0.25, -0.2) is 0 Å². The summed E-state index contributed by atoms with van der Waals surface area (Å²) in [4.78, 5) is 2.25. The fourth-order valence-corrected chi connectivity index (χ4v) is 2.95. The second-order valence-electron chi connectivity index (χ2n) is 4.58. The predicted octanol–water partition coefficient (Wildman–Crippen LogP) is 3.90. The lowest BCUT2D eigenvalue weighted by Crippen LogP contribution is -2.21. The van der Waals surface area contributed by atoms with Gasteiger partial charge in [-0.15, -0.1) is 0 Å². The van der Waals surface area contributed by atoms with Crippen LogP contribution >= 0.6 is 15.9 Å². The van der Waals surface area contributed by atoms with Crippen LogP contribution in [-0.2, 0) is 13.1 Å². The van der Waals surface area contributed by atoms with Gasteiger partial charge in [-0.1, -0.05) is 46.3 Å². The Balaban J connectivity index is 2.00. The first-order valence-electron chi connectivity index (χ1n) is 6.30. The average Bonchev–Trinajstić information content (AvgIpc) is 2.46. The molecule has 0 atom stereocenters. The number of nitrogens with zero attached hydrogens (tertiary/aromatic N) is 1. The second-order valence-corrected chi connectivity index (χ2v) is 5.44. The summed E-state index contributed by atoms with van der Waals surface area (Å²) in [5, 5.41) is 0. The fourth-order valence-electron chi connectivity index (χ4n) is 2.43. The zero-order valence-corrected chi connectivity index (χ0v) is 12.1. The fraction of sp³-hybridized carbons (Fsp3) is 0.125. The summed E-state index contributed by atoms with van der Waals surface area (Å²) in [5.74, 6) is 0. The lowest BCUT2D eigenvalue weighted by atomic mass is 10.0. The van der Waals surface area contributed by atoms with Crippen molar-refractivity contribution in [1.82, 2.24) is 0 Å². The van der Waals surface area contributed by atoms with Crippen molar-refractivity contribution in [2.24, 2.45) is 5.73 Å². The molecule has 0 bridgehead atoms. The lowest BCUT2D eigenvalue weighted by Gasteiger charge is -2.27. The molecule has 2 aromatic carbocycles. The maximum absolute atomic E-state index is 5.87. The van der Waals surface area contributed by atoms with Crippen LogP contribution < -0.4 is 10.6 Å². The first-order chi connectivity index (χ1) is 9.29. The summed E-state index contributed by atoms with van der Waals surface area (Å²) in [7, 11) is 0. The van der Waals surface area contributed by atoms with Crippen molar-refractivity contribution in [3.05, 3.63) is 69.8 Å². The predicted molar refractivity (Wildman–Crippen MR) is 83.7 cm³/mol. The molecule has 0 fully saturated rings. The average molecular weight is 315 g/mol. The van der Waals surface area contributed by atoms with E-state index in [2.05, 4.69) is 63.4 Å². The van der Waals surface area contributed by atoms with Crippen LogP contribution in [0.3, 0.4) is 0 Å². The van der Waals surface area contributed by atoms with E-state index in [1.54, 1.807) is 0 Å². The van der Waals surface area contributed by atoms with Crippen LogP contribution in [0, 0.1) is 0 Å². The topological polar surface area (TPSA) is 29.3 Å².